The molecule has 5 rings (SSSR count). The summed E-state index contributed by atoms with van der Waals surface area (Å²) in [5, 5.41) is 8.16. The van der Waals surface area contributed by atoms with Gasteiger partial charge in [0.2, 0.25) is 0 Å². The minimum absolute atomic E-state index is 0.0539. The number of aryl methyl sites for hydroxylation is 1. The Bertz CT molecular complexity index is 1350. The Hall–Kier alpha value is -3.71. The van der Waals surface area contributed by atoms with E-state index in [-0.39, 0.29) is 17.7 Å². The number of nitrogens with zero attached hydrogens (tertiary/aromatic N) is 4. The van der Waals surface area contributed by atoms with Crippen LogP contribution in [-0.4, -0.2) is 39.5 Å². The van der Waals surface area contributed by atoms with Crippen molar-refractivity contribution in [2.75, 3.05) is 12.9 Å². The van der Waals surface area contributed by atoms with Gasteiger partial charge in [-0.3, -0.25) is 4.79 Å². The zero-order valence-electron chi connectivity index (χ0n) is 19.0. The van der Waals surface area contributed by atoms with Crippen LogP contribution in [-0.2, 0) is 4.79 Å². The lowest BCUT2D eigenvalue weighted by Gasteiger charge is -2.22. The molecule has 1 atom stereocenters. The number of amides is 1. The number of hydrogen-bond donors (Lipinski definition) is 0. The summed E-state index contributed by atoms with van der Waals surface area (Å²) in [4.78, 5) is 22.1. The highest BCUT2D eigenvalue weighted by molar-refractivity contribution is 8.00. The normalized spacial score (nSPS) is 15.4. The molecule has 0 spiro atoms. The van der Waals surface area contributed by atoms with Crippen molar-refractivity contribution >= 4 is 34.3 Å². The molecule has 6 nitrogen and oxygen atoms in total. The summed E-state index contributed by atoms with van der Waals surface area (Å²) in [6.45, 7) is 2.06. The Morgan fingerprint density at radius 1 is 1.03 bits per heavy atom. The molecule has 3 aromatic carbocycles. The van der Waals surface area contributed by atoms with Crippen LogP contribution in [0.25, 0.3) is 10.9 Å². The summed E-state index contributed by atoms with van der Waals surface area (Å²) in [5.41, 5.74) is 5.00. The number of ether oxygens (including phenoxy) is 1. The van der Waals surface area contributed by atoms with Crippen molar-refractivity contribution in [2.24, 2.45) is 5.10 Å². The fourth-order valence-electron chi connectivity index (χ4n) is 4.04. The highest BCUT2D eigenvalue weighted by Gasteiger charge is 2.33. The third kappa shape index (κ3) is 4.52. The predicted molar refractivity (Wildman–Crippen MR) is 135 cm³/mol. The maximum absolute atomic E-state index is 13.4. The van der Waals surface area contributed by atoms with Crippen molar-refractivity contribution in [2.45, 2.75) is 24.4 Å². The lowest BCUT2D eigenvalue weighted by atomic mass is 9.97. The van der Waals surface area contributed by atoms with Crippen molar-refractivity contribution in [3.63, 3.8) is 0 Å². The number of carbonyl (C=O) groups excluding carboxylic acids is 1. The van der Waals surface area contributed by atoms with Crippen LogP contribution in [0.1, 0.15) is 29.2 Å². The molecule has 0 fully saturated rings. The summed E-state index contributed by atoms with van der Waals surface area (Å²) in [6.07, 6.45) is 2.20. The second-order valence-electron chi connectivity index (χ2n) is 8.13. The Labute approximate surface area is 202 Å². The number of hydrogen-bond acceptors (Lipinski definition) is 6. The van der Waals surface area contributed by atoms with Gasteiger partial charge >= 0.3 is 0 Å². The van der Waals surface area contributed by atoms with Crippen molar-refractivity contribution in [3.8, 4) is 5.75 Å². The van der Waals surface area contributed by atoms with E-state index in [9.17, 15) is 4.79 Å². The maximum Gasteiger partial charge on any atom is 0.253 e. The molecule has 2 heterocycles. The number of methoxy groups -OCH3 is 1. The molecule has 0 N–H and O–H groups in total. The maximum atomic E-state index is 13.4. The summed E-state index contributed by atoms with van der Waals surface area (Å²) < 4.78 is 5.28. The van der Waals surface area contributed by atoms with Crippen LogP contribution in [0.15, 0.2) is 89.3 Å². The van der Waals surface area contributed by atoms with Crippen molar-refractivity contribution < 1.29 is 9.53 Å². The van der Waals surface area contributed by atoms with Crippen LogP contribution < -0.4 is 4.74 Å². The van der Waals surface area contributed by atoms with E-state index in [0.29, 0.717) is 6.42 Å². The Morgan fingerprint density at radius 2 is 1.79 bits per heavy atom. The molecule has 7 heteroatoms. The molecule has 4 aromatic rings. The van der Waals surface area contributed by atoms with E-state index in [0.717, 1.165) is 38.5 Å². The Kier molecular flexibility index (Phi) is 6.27. The molecule has 170 valence electrons. The van der Waals surface area contributed by atoms with Gasteiger partial charge in [-0.2, -0.15) is 5.10 Å². The van der Waals surface area contributed by atoms with Gasteiger partial charge in [-0.05, 0) is 48.4 Å². The Balaban J connectivity index is 1.41. The van der Waals surface area contributed by atoms with Crippen LogP contribution in [0.2, 0.25) is 0 Å². The van der Waals surface area contributed by atoms with Crippen LogP contribution >= 0.6 is 11.8 Å². The molecule has 0 radical (unpaired) electrons. The first kappa shape index (κ1) is 22.1. The molecule has 0 saturated heterocycles. The van der Waals surface area contributed by atoms with Crippen LogP contribution in [0.3, 0.4) is 0 Å². The summed E-state index contributed by atoms with van der Waals surface area (Å²) in [7, 11) is 1.65. The average Bonchev–Trinajstić information content (AvgIpc) is 3.33. The first-order chi connectivity index (χ1) is 16.6. The van der Waals surface area contributed by atoms with Gasteiger partial charge in [-0.15, -0.1) is 0 Å². The van der Waals surface area contributed by atoms with E-state index in [1.807, 2.05) is 48.5 Å². The first-order valence-electron chi connectivity index (χ1n) is 11.1. The van der Waals surface area contributed by atoms with Crippen LogP contribution in [0.5, 0.6) is 5.75 Å². The van der Waals surface area contributed by atoms with Crippen molar-refractivity contribution in [3.05, 3.63) is 95.8 Å². The molecule has 1 aliphatic rings. The zero-order chi connectivity index (χ0) is 23.5. The number of benzene rings is 3. The molecule has 0 aliphatic carbocycles. The third-order valence-electron chi connectivity index (χ3n) is 5.89. The Morgan fingerprint density at radius 3 is 2.56 bits per heavy atom. The van der Waals surface area contributed by atoms with Gasteiger partial charge in [0, 0.05) is 11.8 Å². The van der Waals surface area contributed by atoms with Gasteiger partial charge < -0.3 is 4.74 Å². The lowest BCUT2D eigenvalue weighted by molar-refractivity contribution is -0.130. The van der Waals surface area contributed by atoms with Crippen molar-refractivity contribution in [1.29, 1.82) is 0 Å². The van der Waals surface area contributed by atoms with Crippen LogP contribution in [0, 0.1) is 6.92 Å². The molecule has 1 unspecified atom stereocenters. The SMILES string of the molecule is COc1ccc(C2=NN(C(=O)CSc3ncnc4ccccc34)C(c3ccc(C)cc3)C2)cc1. The first-order valence-corrected chi connectivity index (χ1v) is 12.0. The monoisotopic (exact) mass is 468 g/mol. The standard InChI is InChI=1S/C27H24N4O2S/c1-18-7-9-20(10-8-18)25-15-24(19-11-13-21(33-2)14-12-19)30-31(25)26(32)16-34-27-22-5-3-4-6-23(22)28-17-29-27/h3-14,17,25H,15-16H2,1-2H3. The van der Waals surface area contributed by atoms with Gasteiger partial charge in [0.25, 0.3) is 5.91 Å². The molecule has 0 saturated carbocycles. The van der Waals surface area contributed by atoms with Gasteiger partial charge in [-0.25, -0.2) is 15.0 Å². The fourth-order valence-corrected chi connectivity index (χ4v) is 4.88. The van der Waals surface area contributed by atoms with E-state index in [1.165, 1.54) is 17.3 Å². The van der Waals surface area contributed by atoms with E-state index in [4.69, 9.17) is 9.84 Å². The predicted octanol–water partition coefficient (Wildman–Crippen LogP) is 5.42. The summed E-state index contributed by atoms with van der Waals surface area (Å²) in [6, 6.07) is 23.8. The number of thioether (sulfide) groups is 1. The van der Waals surface area contributed by atoms with E-state index in [1.54, 1.807) is 18.4 Å². The second kappa shape index (κ2) is 9.65. The van der Waals surface area contributed by atoms with Crippen molar-refractivity contribution in [1.82, 2.24) is 15.0 Å². The average molecular weight is 469 g/mol. The van der Waals surface area contributed by atoms with E-state index in [2.05, 4.69) is 41.2 Å². The van der Waals surface area contributed by atoms with Crippen LogP contribution in [0.4, 0.5) is 0 Å². The fraction of sp³-hybridized carbons (Fsp3) is 0.185. The third-order valence-corrected chi connectivity index (χ3v) is 6.88. The van der Waals surface area contributed by atoms with Gasteiger partial charge in [0.15, 0.2) is 0 Å². The highest BCUT2D eigenvalue weighted by Crippen LogP contribution is 2.34. The minimum Gasteiger partial charge on any atom is -0.497 e. The number of rotatable bonds is 6. The van der Waals surface area contributed by atoms with Gasteiger partial charge in [-0.1, -0.05) is 59.8 Å². The molecule has 1 amide bonds. The smallest absolute Gasteiger partial charge is 0.253 e. The minimum atomic E-state index is -0.145. The molecule has 1 aromatic heterocycles. The molecule has 0 bridgehead atoms. The number of para-hydroxylation sites is 1. The van der Waals surface area contributed by atoms with Gasteiger partial charge in [0.1, 0.15) is 17.1 Å². The number of fused-ring (bicyclic) bond motifs is 1. The highest BCUT2D eigenvalue weighted by atomic mass is 32.2. The summed E-state index contributed by atoms with van der Waals surface area (Å²) >= 11 is 1.42. The number of carbonyl (C=O) groups is 1. The largest absolute Gasteiger partial charge is 0.497 e. The zero-order valence-corrected chi connectivity index (χ0v) is 19.8. The quantitative estimate of drug-likeness (QED) is 0.279. The van der Waals surface area contributed by atoms with E-state index < -0.39 is 0 Å². The molecular weight excluding hydrogens is 444 g/mol. The number of aromatic nitrogens is 2. The molecular formula is C27H24N4O2S. The van der Waals surface area contributed by atoms with Gasteiger partial charge in [0.05, 0.1) is 30.1 Å². The van der Waals surface area contributed by atoms with E-state index >= 15 is 0 Å². The molecule has 1 aliphatic heterocycles. The molecule has 34 heavy (non-hydrogen) atoms. The second-order valence-corrected chi connectivity index (χ2v) is 9.09. The summed E-state index contributed by atoms with van der Waals surface area (Å²) in [5.74, 6) is 0.976. The lowest BCUT2D eigenvalue weighted by Crippen LogP contribution is -2.28. The topological polar surface area (TPSA) is 67.7 Å². The number of hydrazone groups is 1.